The summed E-state index contributed by atoms with van der Waals surface area (Å²) in [4.78, 5) is 13.9. The summed E-state index contributed by atoms with van der Waals surface area (Å²) in [6.45, 7) is 4.10. The molecule has 0 aromatic heterocycles. The first-order valence-electron chi connectivity index (χ1n) is 7.29. The fourth-order valence-corrected chi connectivity index (χ4v) is 2.05. The lowest BCUT2D eigenvalue weighted by atomic mass is 10.0. The standard InChI is InChI=1S/C17H26N2O2/c1-13(2)11-15(12-20)18-17(21)10-7-14-5-8-16(9-6-14)19(3)4/h5-10,13,15,20H,11-12H2,1-4H3,(H,18,21). The van der Waals surface area contributed by atoms with Gasteiger partial charge in [-0.15, -0.1) is 0 Å². The maximum absolute atomic E-state index is 11.8. The SMILES string of the molecule is CC(C)CC(CO)NC(=O)C=Cc1ccc(N(C)C)cc1. The normalized spacial score (nSPS) is 12.7. The highest BCUT2D eigenvalue weighted by Crippen LogP contribution is 2.13. The van der Waals surface area contributed by atoms with Crippen molar-refractivity contribution in [1.82, 2.24) is 5.32 Å². The molecule has 2 N–H and O–H groups in total. The highest BCUT2D eigenvalue weighted by atomic mass is 16.3. The highest BCUT2D eigenvalue weighted by molar-refractivity contribution is 5.91. The first-order valence-corrected chi connectivity index (χ1v) is 7.29. The summed E-state index contributed by atoms with van der Waals surface area (Å²) in [5.41, 5.74) is 2.09. The summed E-state index contributed by atoms with van der Waals surface area (Å²) >= 11 is 0. The summed E-state index contributed by atoms with van der Waals surface area (Å²) < 4.78 is 0. The summed E-state index contributed by atoms with van der Waals surface area (Å²) in [6, 6.07) is 7.77. The van der Waals surface area contributed by atoms with E-state index in [1.165, 1.54) is 6.08 Å². The van der Waals surface area contributed by atoms with E-state index < -0.39 is 0 Å². The van der Waals surface area contributed by atoms with Crippen LogP contribution >= 0.6 is 0 Å². The summed E-state index contributed by atoms with van der Waals surface area (Å²) in [7, 11) is 3.98. The summed E-state index contributed by atoms with van der Waals surface area (Å²) in [5, 5.41) is 12.1. The fraction of sp³-hybridized carbons (Fsp3) is 0.471. The fourth-order valence-electron chi connectivity index (χ4n) is 2.05. The molecule has 1 unspecified atom stereocenters. The van der Waals surface area contributed by atoms with E-state index in [0.717, 1.165) is 17.7 Å². The molecule has 0 saturated heterocycles. The molecular weight excluding hydrogens is 264 g/mol. The van der Waals surface area contributed by atoms with Gasteiger partial charge in [0.15, 0.2) is 0 Å². The zero-order valence-corrected chi connectivity index (χ0v) is 13.3. The number of aliphatic hydroxyl groups is 1. The minimum absolute atomic E-state index is 0.0324. The number of amides is 1. The van der Waals surface area contributed by atoms with Crippen molar-refractivity contribution in [3.63, 3.8) is 0 Å². The van der Waals surface area contributed by atoms with Crippen LogP contribution in [0.4, 0.5) is 5.69 Å². The molecule has 4 nitrogen and oxygen atoms in total. The van der Waals surface area contributed by atoms with Crippen molar-refractivity contribution in [1.29, 1.82) is 0 Å². The maximum Gasteiger partial charge on any atom is 0.244 e. The lowest BCUT2D eigenvalue weighted by molar-refractivity contribution is -0.117. The third kappa shape index (κ3) is 6.45. The van der Waals surface area contributed by atoms with Gasteiger partial charge >= 0.3 is 0 Å². The lowest BCUT2D eigenvalue weighted by Gasteiger charge is -2.17. The van der Waals surface area contributed by atoms with Crippen LogP contribution in [-0.2, 0) is 4.79 Å². The third-order valence-corrected chi connectivity index (χ3v) is 3.16. The molecule has 0 aliphatic heterocycles. The Bertz CT molecular complexity index is 464. The van der Waals surface area contributed by atoms with Crippen LogP contribution in [0.3, 0.4) is 0 Å². The molecule has 1 aromatic rings. The Morgan fingerprint density at radius 2 is 1.90 bits per heavy atom. The van der Waals surface area contributed by atoms with Gasteiger partial charge in [-0.25, -0.2) is 0 Å². The van der Waals surface area contributed by atoms with Gasteiger partial charge in [0.2, 0.25) is 5.91 Å². The van der Waals surface area contributed by atoms with Crippen LogP contribution in [0.15, 0.2) is 30.3 Å². The van der Waals surface area contributed by atoms with E-state index in [1.807, 2.05) is 43.3 Å². The number of rotatable bonds is 7. The molecule has 0 bridgehead atoms. The van der Waals surface area contributed by atoms with Crippen molar-refractivity contribution in [2.75, 3.05) is 25.6 Å². The van der Waals surface area contributed by atoms with Crippen molar-refractivity contribution >= 4 is 17.7 Å². The molecule has 21 heavy (non-hydrogen) atoms. The van der Waals surface area contributed by atoms with Crippen LogP contribution in [0.5, 0.6) is 0 Å². The quantitative estimate of drug-likeness (QED) is 0.758. The number of anilines is 1. The topological polar surface area (TPSA) is 52.6 Å². The largest absolute Gasteiger partial charge is 0.394 e. The molecular formula is C17H26N2O2. The Hall–Kier alpha value is -1.81. The predicted octanol–water partition coefficient (Wildman–Crippen LogP) is 2.29. The smallest absolute Gasteiger partial charge is 0.244 e. The van der Waals surface area contributed by atoms with Gasteiger partial charge < -0.3 is 15.3 Å². The molecule has 1 atom stereocenters. The van der Waals surface area contributed by atoms with Crippen molar-refractivity contribution in [2.24, 2.45) is 5.92 Å². The Labute approximate surface area is 127 Å². The average Bonchev–Trinajstić information content (AvgIpc) is 2.44. The highest BCUT2D eigenvalue weighted by Gasteiger charge is 2.11. The second-order valence-corrected chi connectivity index (χ2v) is 5.84. The molecule has 0 aliphatic carbocycles. The van der Waals surface area contributed by atoms with Gasteiger partial charge in [0, 0.05) is 25.9 Å². The first-order chi connectivity index (χ1) is 9.92. The van der Waals surface area contributed by atoms with Crippen LogP contribution in [-0.4, -0.2) is 37.8 Å². The molecule has 1 aromatic carbocycles. The first kappa shape index (κ1) is 17.2. The van der Waals surface area contributed by atoms with E-state index in [2.05, 4.69) is 19.2 Å². The van der Waals surface area contributed by atoms with Crippen LogP contribution in [0, 0.1) is 5.92 Å². The Morgan fingerprint density at radius 3 is 2.38 bits per heavy atom. The third-order valence-electron chi connectivity index (χ3n) is 3.16. The summed E-state index contributed by atoms with van der Waals surface area (Å²) in [6.07, 6.45) is 4.06. The number of aliphatic hydroxyl groups excluding tert-OH is 1. The average molecular weight is 290 g/mol. The molecule has 1 amide bonds. The van der Waals surface area contributed by atoms with Gasteiger partial charge in [-0.1, -0.05) is 26.0 Å². The number of hydrogen-bond donors (Lipinski definition) is 2. The minimum atomic E-state index is -0.182. The van der Waals surface area contributed by atoms with Crippen molar-refractivity contribution < 1.29 is 9.90 Å². The minimum Gasteiger partial charge on any atom is -0.394 e. The number of carbonyl (C=O) groups excluding carboxylic acids is 1. The van der Waals surface area contributed by atoms with Gasteiger partial charge in [-0.2, -0.15) is 0 Å². The number of carbonyl (C=O) groups is 1. The van der Waals surface area contributed by atoms with Gasteiger partial charge in [0.05, 0.1) is 12.6 Å². The molecule has 0 aliphatic rings. The van der Waals surface area contributed by atoms with Crippen molar-refractivity contribution in [3.8, 4) is 0 Å². The van der Waals surface area contributed by atoms with E-state index in [0.29, 0.717) is 5.92 Å². The van der Waals surface area contributed by atoms with Gasteiger partial charge in [-0.05, 0) is 36.1 Å². The van der Waals surface area contributed by atoms with E-state index in [9.17, 15) is 9.90 Å². The number of benzene rings is 1. The van der Waals surface area contributed by atoms with E-state index >= 15 is 0 Å². The second kappa shape index (κ2) is 8.47. The number of nitrogens with zero attached hydrogens (tertiary/aromatic N) is 1. The van der Waals surface area contributed by atoms with Gasteiger partial charge in [-0.3, -0.25) is 4.79 Å². The van der Waals surface area contributed by atoms with E-state index in [4.69, 9.17) is 0 Å². The van der Waals surface area contributed by atoms with Gasteiger partial charge in [0.25, 0.3) is 0 Å². The van der Waals surface area contributed by atoms with E-state index in [1.54, 1.807) is 6.08 Å². The Kier molecular flexibility index (Phi) is 6.96. The zero-order chi connectivity index (χ0) is 15.8. The Balaban J connectivity index is 2.56. The molecule has 0 fully saturated rings. The van der Waals surface area contributed by atoms with Gasteiger partial charge in [0.1, 0.15) is 0 Å². The molecule has 0 heterocycles. The molecule has 4 heteroatoms. The Morgan fingerprint density at radius 1 is 1.29 bits per heavy atom. The van der Waals surface area contributed by atoms with Crippen LogP contribution in [0.2, 0.25) is 0 Å². The zero-order valence-electron chi connectivity index (χ0n) is 13.3. The maximum atomic E-state index is 11.8. The summed E-state index contributed by atoms with van der Waals surface area (Å²) in [5.74, 6) is 0.261. The lowest BCUT2D eigenvalue weighted by Crippen LogP contribution is -2.37. The molecule has 116 valence electrons. The molecule has 0 saturated carbocycles. The molecule has 0 radical (unpaired) electrons. The second-order valence-electron chi connectivity index (χ2n) is 5.84. The monoisotopic (exact) mass is 290 g/mol. The number of hydrogen-bond acceptors (Lipinski definition) is 3. The van der Waals surface area contributed by atoms with Crippen LogP contribution in [0.25, 0.3) is 6.08 Å². The van der Waals surface area contributed by atoms with E-state index in [-0.39, 0.29) is 18.6 Å². The predicted molar refractivity (Wildman–Crippen MR) is 88.3 cm³/mol. The molecule has 1 rings (SSSR count). The van der Waals surface area contributed by atoms with Crippen LogP contribution in [0.1, 0.15) is 25.8 Å². The number of nitrogens with one attached hydrogen (secondary N) is 1. The molecule has 0 spiro atoms. The van der Waals surface area contributed by atoms with Crippen LogP contribution < -0.4 is 10.2 Å². The van der Waals surface area contributed by atoms with Crippen molar-refractivity contribution in [2.45, 2.75) is 26.3 Å². The van der Waals surface area contributed by atoms with Crippen molar-refractivity contribution in [3.05, 3.63) is 35.9 Å².